The molecule has 1 unspecified atom stereocenters. The Labute approximate surface area is 216 Å². The molecule has 0 bridgehead atoms. The van der Waals surface area contributed by atoms with Gasteiger partial charge in [-0.3, -0.25) is 9.78 Å². The van der Waals surface area contributed by atoms with Crippen LogP contribution < -0.4 is 20.7 Å². The Bertz CT molecular complexity index is 1530. The van der Waals surface area contributed by atoms with Gasteiger partial charge in [-0.15, -0.1) is 0 Å². The lowest BCUT2D eigenvalue weighted by molar-refractivity contribution is -0.104. The van der Waals surface area contributed by atoms with Crippen molar-refractivity contribution in [3.8, 4) is 17.0 Å². The molecule has 1 aromatic carbocycles. The quantitative estimate of drug-likeness (QED) is 0.337. The van der Waals surface area contributed by atoms with Gasteiger partial charge in [0.25, 0.3) is 5.91 Å². The third-order valence-corrected chi connectivity index (χ3v) is 7.03. The molecule has 196 valence electrons. The summed E-state index contributed by atoms with van der Waals surface area (Å²) in [5, 5.41) is 13.5. The van der Waals surface area contributed by atoms with E-state index in [1.165, 1.54) is 42.1 Å². The molecule has 1 aliphatic heterocycles. The van der Waals surface area contributed by atoms with Crippen molar-refractivity contribution in [2.24, 2.45) is 5.92 Å². The maximum absolute atomic E-state index is 14.7. The molecule has 0 spiro atoms. The highest BCUT2D eigenvalue weighted by molar-refractivity contribution is 6.00. The minimum Gasteiger partial charge on any atom is -0.494 e. The summed E-state index contributed by atoms with van der Waals surface area (Å²) in [6, 6.07) is 6.83. The van der Waals surface area contributed by atoms with Gasteiger partial charge in [0.1, 0.15) is 28.8 Å². The molecular formula is C26H25F2N7O3. The number of benzene rings is 1. The van der Waals surface area contributed by atoms with Gasteiger partial charge in [0.15, 0.2) is 11.4 Å². The summed E-state index contributed by atoms with van der Waals surface area (Å²) in [5.41, 5.74) is 1.57. The second-order valence-corrected chi connectivity index (χ2v) is 9.31. The van der Waals surface area contributed by atoms with E-state index in [9.17, 15) is 13.6 Å². The molecule has 1 amide bonds. The van der Waals surface area contributed by atoms with Crippen molar-refractivity contribution in [1.29, 1.82) is 0 Å². The number of pyridine rings is 1. The molecule has 2 aliphatic rings. The van der Waals surface area contributed by atoms with Crippen LogP contribution in [0.5, 0.6) is 5.75 Å². The van der Waals surface area contributed by atoms with Crippen LogP contribution in [-0.4, -0.2) is 58.4 Å². The smallest absolute Gasteiger partial charge is 0.257 e. The molecule has 3 atom stereocenters. The number of carbonyl (C=O) groups excluding carboxylic acids is 1. The number of rotatable bonds is 7. The van der Waals surface area contributed by atoms with E-state index in [-0.39, 0.29) is 23.7 Å². The van der Waals surface area contributed by atoms with E-state index >= 15 is 0 Å². The fourth-order valence-corrected chi connectivity index (χ4v) is 5.13. The van der Waals surface area contributed by atoms with Crippen LogP contribution in [0, 0.1) is 17.6 Å². The van der Waals surface area contributed by atoms with Crippen molar-refractivity contribution in [3.63, 3.8) is 0 Å². The number of amides is 1. The van der Waals surface area contributed by atoms with Crippen LogP contribution in [0.15, 0.2) is 42.7 Å². The third-order valence-electron chi connectivity index (χ3n) is 7.03. The first-order chi connectivity index (χ1) is 18.4. The summed E-state index contributed by atoms with van der Waals surface area (Å²) >= 11 is 0. The van der Waals surface area contributed by atoms with Gasteiger partial charge in [0.05, 0.1) is 49.6 Å². The number of methoxy groups -OCH3 is 1. The van der Waals surface area contributed by atoms with Crippen molar-refractivity contribution in [2.45, 2.75) is 25.0 Å². The number of halogens is 2. The van der Waals surface area contributed by atoms with Gasteiger partial charge in [-0.2, -0.15) is 9.61 Å². The summed E-state index contributed by atoms with van der Waals surface area (Å²) in [6.45, 7) is 0.748. The van der Waals surface area contributed by atoms with E-state index < -0.39 is 11.6 Å². The Balaban J connectivity index is 1.35. The van der Waals surface area contributed by atoms with Crippen LogP contribution >= 0.6 is 0 Å². The molecule has 1 saturated heterocycles. The maximum atomic E-state index is 14.7. The summed E-state index contributed by atoms with van der Waals surface area (Å²) in [7, 11) is 3.16. The van der Waals surface area contributed by atoms with Gasteiger partial charge in [-0.25, -0.2) is 13.8 Å². The summed E-state index contributed by atoms with van der Waals surface area (Å²) in [4.78, 5) is 21.9. The van der Waals surface area contributed by atoms with Crippen LogP contribution in [0.1, 0.15) is 23.2 Å². The second-order valence-electron chi connectivity index (χ2n) is 9.31. The molecule has 6 rings (SSSR count). The lowest BCUT2D eigenvalue weighted by atomic mass is 10.0. The molecule has 3 N–H and O–H groups in total. The van der Waals surface area contributed by atoms with E-state index in [0.717, 1.165) is 25.6 Å². The highest BCUT2D eigenvalue weighted by Gasteiger charge is 2.44. The van der Waals surface area contributed by atoms with Crippen molar-refractivity contribution >= 4 is 28.9 Å². The summed E-state index contributed by atoms with van der Waals surface area (Å²) in [6.07, 6.45) is 4.48. The van der Waals surface area contributed by atoms with E-state index in [1.54, 1.807) is 13.1 Å². The van der Waals surface area contributed by atoms with Crippen molar-refractivity contribution < 1.29 is 23.0 Å². The SMILES string of the molecule is CNc1cc(Nc2cc(F)cc(-c3ccc(F)cn3)c2OC)nc2c(C(=O)NC3CC[C@H]4CO[C@@H]34)cnn12. The van der Waals surface area contributed by atoms with Crippen LogP contribution in [0.25, 0.3) is 16.9 Å². The Hall–Kier alpha value is -4.32. The Morgan fingerprint density at radius 2 is 2.03 bits per heavy atom. The second kappa shape index (κ2) is 9.53. The first-order valence-corrected chi connectivity index (χ1v) is 12.2. The molecule has 10 nitrogen and oxygen atoms in total. The van der Waals surface area contributed by atoms with Gasteiger partial charge >= 0.3 is 0 Å². The zero-order valence-electron chi connectivity index (χ0n) is 20.7. The Kier molecular flexibility index (Phi) is 6.03. The van der Waals surface area contributed by atoms with E-state index in [4.69, 9.17) is 9.47 Å². The fourth-order valence-electron chi connectivity index (χ4n) is 5.13. The van der Waals surface area contributed by atoms with Gasteiger partial charge in [0.2, 0.25) is 0 Å². The van der Waals surface area contributed by atoms with Gasteiger partial charge in [-0.1, -0.05) is 0 Å². The van der Waals surface area contributed by atoms with Crippen LogP contribution in [0.3, 0.4) is 0 Å². The van der Waals surface area contributed by atoms with Crippen LogP contribution in [-0.2, 0) is 4.74 Å². The monoisotopic (exact) mass is 521 g/mol. The average molecular weight is 522 g/mol. The molecule has 0 radical (unpaired) electrons. The fraction of sp³-hybridized carbons (Fsp3) is 0.308. The van der Waals surface area contributed by atoms with Crippen molar-refractivity contribution in [2.75, 3.05) is 31.4 Å². The molecular weight excluding hydrogens is 496 g/mol. The minimum atomic E-state index is -0.554. The van der Waals surface area contributed by atoms with Crippen LogP contribution in [0.4, 0.5) is 26.1 Å². The van der Waals surface area contributed by atoms with Crippen molar-refractivity contribution in [3.05, 3.63) is 59.9 Å². The molecule has 2 fully saturated rings. The summed E-state index contributed by atoms with van der Waals surface area (Å²) < 4.78 is 40.8. The van der Waals surface area contributed by atoms with Crippen LogP contribution in [0.2, 0.25) is 0 Å². The number of carbonyl (C=O) groups is 1. The first kappa shape index (κ1) is 24.0. The number of aromatic nitrogens is 4. The molecule has 1 aliphatic carbocycles. The third kappa shape index (κ3) is 4.16. The lowest BCUT2D eigenvalue weighted by Crippen LogP contribution is -2.49. The number of hydrogen-bond acceptors (Lipinski definition) is 8. The number of anilines is 3. The van der Waals surface area contributed by atoms with Gasteiger partial charge in [0, 0.05) is 30.7 Å². The van der Waals surface area contributed by atoms with Gasteiger partial charge in [-0.05, 0) is 31.0 Å². The zero-order chi connectivity index (χ0) is 26.4. The first-order valence-electron chi connectivity index (χ1n) is 12.2. The topological polar surface area (TPSA) is 115 Å². The molecule has 1 saturated carbocycles. The number of hydrogen-bond donors (Lipinski definition) is 3. The number of nitrogens with one attached hydrogen (secondary N) is 3. The van der Waals surface area contributed by atoms with E-state index in [2.05, 4.69) is 31.0 Å². The largest absolute Gasteiger partial charge is 0.494 e. The molecule has 38 heavy (non-hydrogen) atoms. The molecule has 4 heterocycles. The molecule has 12 heteroatoms. The average Bonchev–Trinajstić information content (AvgIpc) is 3.43. The molecule has 3 aromatic heterocycles. The Morgan fingerprint density at radius 1 is 1.16 bits per heavy atom. The Morgan fingerprint density at radius 3 is 2.71 bits per heavy atom. The lowest BCUT2D eigenvalue weighted by Gasteiger charge is -2.34. The maximum Gasteiger partial charge on any atom is 0.257 e. The highest BCUT2D eigenvalue weighted by atomic mass is 19.1. The highest BCUT2D eigenvalue weighted by Crippen LogP contribution is 2.39. The number of nitrogens with zero attached hydrogens (tertiary/aromatic N) is 4. The van der Waals surface area contributed by atoms with E-state index in [1.807, 2.05) is 0 Å². The zero-order valence-corrected chi connectivity index (χ0v) is 20.7. The number of fused-ring (bicyclic) bond motifs is 2. The predicted molar refractivity (Wildman–Crippen MR) is 136 cm³/mol. The predicted octanol–water partition coefficient (Wildman–Crippen LogP) is 3.77. The van der Waals surface area contributed by atoms with Gasteiger partial charge < -0.3 is 25.4 Å². The van der Waals surface area contributed by atoms with E-state index in [0.29, 0.717) is 45.8 Å². The number of ether oxygens (including phenoxy) is 2. The minimum absolute atomic E-state index is 0.0451. The normalized spacial score (nSPS) is 20.1. The standard InChI is InChI=1S/C26H25F2N7O3/c1-29-22-9-21(32-20-8-15(28)7-16(24(20)37-2)18-6-4-14(27)10-30-18)34-25-17(11-31-35(22)25)26(36)33-19-5-3-13-12-38-23(13)19/h4,6-11,13,19,23,29H,3,5,12H2,1-2H3,(H,32,34)(H,33,36)/t13-,19?,23+/m0/s1. The van der Waals surface area contributed by atoms with Crippen molar-refractivity contribution in [1.82, 2.24) is 24.9 Å². The summed E-state index contributed by atoms with van der Waals surface area (Å²) in [5.74, 6) is 0.319. The molecule has 4 aromatic rings.